The van der Waals surface area contributed by atoms with Crippen LogP contribution in [0.2, 0.25) is 0 Å². The molecule has 2 heterocycles. The lowest BCUT2D eigenvalue weighted by Gasteiger charge is -2.41. The van der Waals surface area contributed by atoms with E-state index in [-0.39, 0.29) is 5.69 Å². The summed E-state index contributed by atoms with van der Waals surface area (Å²) in [6, 6.07) is 4.67. The third-order valence-electron chi connectivity index (χ3n) is 4.42. The summed E-state index contributed by atoms with van der Waals surface area (Å²) >= 11 is 0. The lowest BCUT2D eigenvalue weighted by molar-refractivity contribution is 0.00333. The second kappa shape index (κ2) is 5.13. The first-order valence-electron chi connectivity index (χ1n) is 7.63. The Morgan fingerprint density at radius 3 is 2.70 bits per heavy atom. The number of nitrogens with one attached hydrogen (secondary N) is 1. The Balaban J connectivity index is 2.16. The predicted molar refractivity (Wildman–Crippen MR) is 85.5 cm³/mol. The van der Waals surface area contributed by atoms with Crippen LogP contribution in [-0.4, -0.2) is 42.3 Å². The quantitative estimate of drug-likeness (QED) is 0.748. The standard InChI is InChI=1S/C16H21N3O4/c1-16(2,3)19(15(22)23)11-7-8-18-12-9(13(11)20)5-4-6-10(12)17-14(18)21/h4-6,11,13,20H,7-8H2,1-3H3,(H,17,21)(H,22,23). The number of para-hydroxylation sites is 1. The first kappa shape index (κ1) is 15.6. The summed E-state index contributed by atoms with van der Waals surface area (Å²) in [5, 5.41) is 20.5. The number of H-pyrrole nitrogens is 1. The first-order chi connectivity index (χ1) is 10.7. The third kappa shape index (κ3) is 2.41. The third-order valence-corrected chi connectivity index (χ3v) is 4.42. The maximum absolute atomic E-state index is 12.1. The van der Waals surface area contributed by atoms with E-state index in [9.17, 15) is 19.8 Å². The molecule has 2 unspecified atom stereocenters. The van der Waals surface area contributed by atoms with Crippen molar-refractivity contribution in [2.24, 2.45) is 0 Å². The number of benzene rings is 1. The van der Waals surface area contributed by atoms with Crippen molar-refractivity contribution in [1.29, 1.82) is 0 Å². The molecule has 3 rings (SSSR count). The summed E-state index contributed by atoms with van der Waals surface area (Å²) < 4.78 is 1.58. The number of aliphatic hydroxyl groups excluding tert-OH is 1. The van der Waals surface area contributed by atoms with Crippen molar-refractivity contribution in [3.8, 4) is 0 Å². The average Bonchev–Trinajstić information content (AvgIpc) is 2.67. The van der Waals surface area contributed by atoms with Crippen LogP contribution in [-0.2, 0) is 6.54 Å². The molecule has 1 amide bonds. The molecule has 0 saturated carbocycles. The number of aromatic nitrogens is 2. The van der Waals surface area contributed by atoms with Gasteiger partial charge in [-0.15, -0.1) is 0 Å². The number of aliphatic hydroxyl groups is 1. The summed E-state index contributed by atoms with van der Waals surface area (Å²) in [5.74, 6) is 0. The molecule has 0 spiro atoms. The van der Waals surface area contributed by atoms with Crippen LogP contribution >= 0.6 is 0 Å². The predicted octanol–water partition coefficient (Wildman–Crippen LogP) is 1.91. The summed E-state index contributed by atoms with van der Waals surface area (Å²) in [6.45, 7) is 5.75. The van der Waals surface area contributed by atoms with E-state index in [2.05, 4.69) is 4.98 Å². The molecule has 2 atom stereocenters. The Morgan fingerprint density at radius 2 is 2.09 bits per heavy atom. The fourth-order valence-electron chi connectivity index (χ4n) is 3.52. The van der Waals surface area contributed by atoms with Gasteiger partial charge in [0.15, 0.2) is 0 Å². The number of imidazole rings is 1. The highest BCUT2D eigenvalue weighted by molar-refractivity contribution is 5.80. The van der Waals surface area contributed by atoms with Crippen LogP contribution in [0.4, 0.5) is 4.79 Å². The minimum absolute atomic E-state index is 0.238. The topological polar surface area (TPSA) is 98.6 Å². The van der Waals surface area contributed by atoms with Crippen LogP contribution in [0.1, 0.15) is 38.9 Å². The zero-order chi connectivity index (χ0) is 16.9. The number of carbonyl (C=O) groups is 1. The molecule has 1 aliphatic rings. The minimum Gasteiger partial charge on any atom is -0.465 e. The van der Waals surface area contributed by atoms with Crippen molar-refractivity contribution in [1.82, 2.24) is 14.5 Å². The normalized spacial score (nSPS) is 21.2. The summed E-state index contributed by atoms with van der Waals surface area (Å²) in [6.07, 6.45) is -1.70. The number of amides is 1. The molecule has 0 saturated heterocycles. The molecule has 0 fully saturated rings. The molecule has 7 nitrogen and oxygen atoms in total. The highest BCUT2D eigenvalue weighted by atomic mass is 16.4. The van der Waals surface area contributed by atoms with Crippen molar-refractivity contribution in [3.05, 3.63) is 34.2 Å². The van der Waals surface area contributed by atoms with Gasteiger partial charge in [0, 0.05) is 17.6 Å². The molecule has 3 N–H and O–H groups in total. The minimum atomic E-state index is -1.07. The van der Waals surface area contributed by atoms with Crippen molar-refractivity contribution in [2.75, 3.05) is 0 Å². The maximum atomic E-state index is 12.1. The highest BCUT2D eigenvalue weighted by Gasteiger charge is 2.39. The van der Waals surface area contributed by atoms with Gasteiger partial charge in [-0.2, -0.15) is 0 Å². The van der Waals surface area contributed by atoms with E-state index in [1.807, 2.05) is 0 Å². The zero-order valence-corrected chi connectivity index (χ0v) is 13.4. The number of carboxylic acid groups (broad SMARTS) is 1. The van der Waals surface area contributed by atoms with Crippen LogP contribution in [0.15, 0.2) is 23.0 Å². The van der Waals surface area contributed by atoms with Gasteiger partial charge >= 0.3 is 11.8 Å². The van der Waals surface area contributed by atoms with Gasteiger partial charge < -0.3 is 15.2 Å². The number of aryl methyl sites for hydroxylation is 1. The van der Waals surface area contributed by atoms with Gasteiger partial charge in [-0.05, 0) is 33.3 Å². The monoisotopic (exact) mass is 319 g/mol. The van der Waals surface area contributed by atoms with E-state index in [1.54, 1.807) is 43.5 Å². The molecule has 0 aliphatic carbocycles. The molecular formula is C16H21N3O4. The lowest BCUT2D eigenvalue weighted by Crippen LogP contribution is -2.53. The SMILES string of the molecule is CC(C)(C)N(C(=O)O)C1CCn2c(=O)[nH]c3cccc(c32)C1O. The van der Waals surface area contributed by atoms with Crippen molar-refractivity contribution in [3.63, 3.8) is 0 Å². The van der Waals surface area contributed by atoms with Crippen LogP contribution in [0.5, 0.6) is 0 Å². The molecular weight excluding hydrogens is 298 g/mol. The Bertz CT molecular complexity index is 815. The van der Waals surface area contributed by atoms with Crippen LogP contribution in [0, 0.1) is 0 Å². The number of hydrogen-bond acceptors (Lipinski definition) is 3. The van der Waals surface area contributed by atoms with Gasteiger partial charge in [0.05, 0.1) is 17.1 Å². The van der Waals surface area contributed by atoms with E-state index >= 15 is 0 Å². The van der Waals surface area contributed by atoms with Gasteiger partial charge in [0.2, 0.25) is 0 Å². The molecule has 1 aromatic carbocycles. The molecule has 7 heteroatoms. The van der Waals surface area contributed by atoms with Crippen LogP contribution in [0.25, 0.3) is 11.0 Å². The summed E-state index contributed by atoms with van der Waals surface area (Å²) in [7, 11) is 0. The maximum Gasteiger partial charge on any atom is 0.408 e. The van der Waals surface area contributed by atoms with Gasteiger partial charge in [0.25, 0.3) is 0 Å². The smallest absolute Gasteiger partial charge is 0.408 e. The van der Waals surface area contributed by atoms with Crippen molar-refractivity contribution < 1.29 is 15.0 Å². The molecule has 0 bridgehead atoms. The molecule has 1 aliphatic heterocycles. The van der Waals surface area contributed by atoms with E-state index in [0.29, 0.717) is 29.6 Å². The Hall–Kier alpha value is -2.28. The van der Waals surface area contributed by atoms with E-state index in [0.717, 1.165) is 0 Å². The van der Waals surface area contributed by atoms with Gasteiger partial charge in [-0.3, -0.25) is 9.47 Å². The molecule has 0 radical (unpaired) electrons. The molecule has 124 valence electrons. The fraction of sp³-hybridized carbons (Fsp3) is 0.500. The van der Waals surface area contributed by atoms with Gasteiger partial charge in [-0.1, -0.05) is 12.1 Å². The second-order valence-electron chi connectivity index (χ2n) is 6.95. The average molecular weight is 319 g/mol. The number of rotatable bonds is 1. The Kier molecular flexibility index (Phi) is 3.48. The van der Waals surface area contributed by atoms with Gasteiger partial charge in [0.1, 0.15) is 6.10 Å². The largest absolute Gasteiger partial charge is 0.465 e. The summed E-state index contributed by atoms with van der Waals surface area (Å²) in [4.78, 5) is 27.9. The van der Waals surface area contributed by atoms with Crippen molar-refractivity contribution >= 4 is 17.1 Å². The lowest BCUT2D eigenvalue weighted by atomic mass is 9.94. The Morgan fingerprint density at radius 1 is 1.39 bits per heavy atom. The van der Waals surface area contributed by atoms with Crippen molar-refractivity contribution in [2.45, 2.75) is 51.4 Å². The van der Waals surface area contributed by atoms with E-state index in [4.69, 9.17) is 0 Å². The van der Waals surface area contributed by atoms with E-state index < -0.39 is 23.8 Å². The van der Waals surface area contributed by atoms with Gasteiger partial charge in [-0.25, -0.2) is 9.59 Å². The van der Waals surface area contributed by atoms with E-state index in [1.165, 1.54) is 4.90 Å². The van der Waals surface area contributed by atoms with Crippen LogP contribution in [0.3, 0.4) is 0 Å². The molecule has 2 aromatic rings. The second-order valence-corrected chi connectivity index (χ2v) is 6.95. The zero-order valence-electron chi connectivity index (χ0n) is 13.4. The number of hydrogen-bond donors (Lipinski definition) is 3. The Labute approximate surface area is 133 Å². The fourth-order valence-corrected chi connectivity index (χ4v) is 3.52. The summed E-state index contributed by atoms with van der Waals surface area (Å²) in [5.41, 5.74) is 1.00. The van der Waals surface area contributed by atoms with Crippen LogP contribution < -0.4 is 5.69 Å². The molecule has 23 heavy (non-hydrogen) atoms. The first-order valence-corrected chi connectivity index (χ1v) is 7.63. The molecule has 1 aromatic heterocycles. The highest BCUT2D eigenvalue weighted by Crippen LogP contribution is 2.34. The number of nitrogens with zero attached hydrogens (tertiary/aromatic N) is 2. The number of aromatic amines is 1.